The fourth-order valence-electron chi connectivity index (χ4n) is 1.34. The van der Waals surface area contributed by atoms with E-state index < -0.39 is 0 Å². The second-order valence-corrected chi connectivity index (χ2v) is 4.16. The summed E-state index contributed by atoms with van der Waals surface area (Å²) in [5, 5.41) is 0. The zero-order valence-corrected chi connectivity index (χ0v) is 10.5. The second-order valence-electron chi connectivity index (χ2n) is 3.64. The third-order valence-electron chi connectivity index (χ3n) is 2.06. The lowest BCUT2D eigenvalue weighted by atomic mass is 10.1. The molecule has 0 aromatic heterocycles. The molecule has 0 rings (SSSR count). The van der Waals surface area contributed by atoms with Crippen LogP contribution < -0.4 is 5.73 Å². The van der Waals surface area contributed by atoms with Crippen molar-refractivity contribution in [3.63, 3.8) is 0 Å². The Balaban J connectivity index is 4.09. The third kappa shape index (κ3) is 6.41. The highest BCUT2D eigenvalue weighted by Gasteiger charge is 2.15. The fourth-order valence-corrected chi connectivity index (χ4v) is 1.49. The number of hydrogen-bond donors (Lipinski definition) is 1. The molecule has 0 aromatic carbocycles. The van der Waals surface area contributed by atoms with Gasteiger partial charge in [0.1, 0.15) is 0 Å². The first-order valence-electron chi connectivity index (χ1n) is 5.06. The fraction of sp³-hybridized carbons (Fsp3) is 0.800. The maximum atomic E-state index is 11.8. The van der Waals surface area contributed by atoms with Crippen LogP contribution in [0, 0.1) is 5.92 Å². The average molecular weight is 232 g/mol. The summed E-state index contributed by atoms with van der Waals surface area (Å²) >= 11 is 4.78. The van der Waals surface area contributed by atoms with Crippen molar-refractivity contribution < 1.29 is 9.53 Å². The van der Waals surface area contributed by atoms with E-state index in [4.69, 9.17) is 22.7 Å². The summed E-state index contributed by atoms with van der Waals surface area (Å²) in [5.74, 6) is 0.303. The van der Waals surface area contributed by atoms with Crippen molar-refractivity contribution in [2.45, 2.75) is 20.3 Å². The van der Waals surface area contributed by atoms with Crippen LogP contribution in [-0.2, 0) is 9.53 Å². The van der Waals surface area contributed by atoms with Crippen molar-refractivity contribution in [1.29, 1.82) is 0 Å². The average Bonchev–Trinajstić information content (AvgIpc) is 2.13. The number of methoxy groups -OCH3 is 1. The lowest BCUT2D eigenvalue weighted by Gasteiger charge is -2.21. The zero-order chi connectivity index (χ0) is 11.8. The lowest BCUT2D eigenvalue weighted by molar-refractivity contribution is -0.131. The van der Waals surface area contributed by atoms with Gasteiger partial charge in [0.2, 0.25) is 5.91 Å². The Morgan fingerprint density at radius 3 is 2.60 bits per heavy atom. The number of nitrogens with two attached hydrogens (primary N) is 1. The van der Waals surface area contributed by atoms with E-state index in [-0.39, 0.29) is 11.8 Å². The van der Waals surface area contributed by atoms with E-state index in [0.29, 0.717) is 31.1 Å². The van der Waals surface area contributed by atoms with E-state index >= 15 is 0 Å². The molecule has 15 heavy (non-hydrogen) atoms. The Morgan fingerprint density at radius 1 is 1.60 bits per heavy atom. The molecule has 0 saturated carbocycles. The van der Waals surface area contributed by atoms with Crippen LogP contribution in [0.2, 0.25) is 0 Å². The maximum absolute atomic E-state index is 11.8. The van der Waals surface area contributed by atoms with Gasteiger partial charge in [-0.3, -0.25) is 4.79 Å². The molecule has 88 valence electrons. The van der Waals surface area contributed by atoms with E-state index in [1.165, 1.54) is 0 Å². The molecule has 0 aromatic rings. The highest BCUT2D eigenvalue weighted by Crippen LogP contribution is 2.05. The van der Waals surface area contributed by atoms with Gasteiger partial charge in [0.25, 0.3) is 0 Å². The summed E-state index contributed by atoms with van der Waals surface area (Å²) in [7, 11) is 1.63. The Morgan fingerprint density at radius 2 is 2.20 bits per heavy atom. The largest absolute Gasteiger partial charge is 0.392 e. The van der Waals surface area contributed by atoms with Crippen LogP contribution >= 0.6 is 12.2 Å². The van der Waals surface area contributed by atoms with Crippen molar-refractivity contribution in [2.24, 2.45) is 11.7 Å². The van der Waals surface area contributed by atoms with Gasteiger partial charge in [-0.25, -0.2) is 0 Å². The number of rotatable bonds is 7. The summed E-state index contributed by atoms with van der Waals surface area (Å²) in [6.45, 7) is 5.49. The molecule has 0 saturated heterocycles. The second kappa shape index (κ2) is 7.59. The van der Waals surface area contributed by atoms with Gasteiger partial charge in [-0.1, -0.05) is 19.1 Å². The van der Waals surface area contributed by atoms with Gasteiger partial charge < -0.3 is 15.4 Å². The van der Waals surface area contributed by atoms with Crippen molar-refractivity contribution in [3.05, 3.63) is 0 Å². The molecule has 0 fully saturated rings. The summed E-state index contributed by atoms with van der Waals surface area (Å²) in [4.78, 5) is 13.8. The van der Waals surface area contributed by atoms with Gasteiger partial charge in [0.15, 0.2) is 0 Å². The van der Waals surface area contributed by atoms with Crippen LogP contribution in [0.15, 0.2) is 0 Å². The highest BCUT2D eigenvalue weighted by molar-refractivity contribution is 7.80. The van der Waals surface area contributed by atoms with Gasteiger partial charge in [-0.2, -0.15) is 0 Å². The van der Waals surface area contributed by atoms with E-state index in [9.17, 15) is 4.79 Å². The smallest absolute Gasteiger partial charge is 0.223 e. The van der Waals surface area contributed by atoms with Crippen LogP contribution in [-0.4, -0.2) is 42.6 Å². The third-order valence-corrected chi connectivity index (χ3v) is 2.18. The number of nitrogens with zero attached hydrogens (tertiary/aromatic N) is 1. The number of hydrogen-bond acceptors (Lipinski definition) is 3. The van der Waals surface area contributed by atoms with Crippen LogP contribution in [0.5, 0.6) is 0 Å². The molecular weight excluding hydrogens is 212 g/mol. The number of ether oxygens (including phenoxy) is 1. The highest BCUT2D eigenvalue weighted by atomic mass is 32.1. The Hall–Kier alpha value is -0.680. The number of thiocarbonyl (C=S) groups is 1. The summed E-state index contributed by atoms with van der Waals surface area (Å²) in [6.07, 6.45) is 0.476. The molecular formula is C10H20N2O2S. The number of carbonyl (C=O) groups excluding carboxylic acids is 1. The minimum Gasteiger partial charge on any atom is -0.392 e. The molecule has 1 amide bonds. The maximum Gasteiger partial charge on any atom is 0.223 e. The topological polar surface area (TPSA) is 55.6 Å². The predicted octanol–water partition coefficient (Wildman–Crippen LogP) is 0.794. The summed E-state index contributed by atoms with van der Waals surface area (Å²) in [6, 6.07) is 0. The van der Waals surface area contributed by atoms with E-state index in [1.807, 2.05) is 13.8 Å². The molecule has 0 aliphatic rings. The minimum atomic E-state index is 0.0786. The SMILES string of the molecule is CCN(CC(N)=S)C(=O)CC(C)COC. The van der Waals surface area contributed by atoms with Gasteiger partial charge in [0, 0.05) is 26.7 Å². The quantitative estimate of drug-likeness (QED) is 0.660. The van der Waals surface area contributed by atoms with Crippen molar-refractivity contribution in [3.8, 4) is 0 Å². The number of likely N-dealkylation sites (N-methyl/N-ethyl adjacent to an activating group) is 1. The molecule has 0 heterocycles. The summed E-state index contributed by atoms with van der Waals surface area (Å²) < 4.78 is 4.98. The molecule has 1 atom stereocenters. The predicted molar refractivity (Wildman–Crippen MR) is 64.7 cm³/mol. The lowest BCUT2D eigenvalue weighted by Crippen LogP contribution is -2.38. The molecule has 0 aliphatic heterocycles. The first kappa shape index (κ1) is 14.3. The van der Waals surface area contributed by atoms with Crippen LogP contribution in [0.25, 0.3) is 0 Å². The van der Waals surface area contributed by atoms with Gasteiger partial charge in [-0.15, -0.1) is 0 Å². The number of carbonyl (C=O) groups is 1. The van der Waals surface area contributed by atoms with Gasteiger partial charge >= 0.3 is 0 Å². The molecule has 0 aliphatic carbocycles. The molecule has 0 radical (unpaired) electrons. The van der Waals surface area contributed by atoms with Gasteiger partial charge in [-0.05, 0) is 12.8 Å². The number of amides is 1. The van der Waals surface area contributed by atoms with Crippen LogP contribution in [0.1, 0.15) is 20.3 Å². The standard InChI is InChI=1S/C10H20N2O2S/c1-4-12(6-9(11)15)10(13)5-8(2)7-14-3/h8H,4-7H2,1-3H3,(H2,11,15). The van der Waals surface area contributed by atoms with Crippen molar-refractivity contribution in [2.75, 3.05) is 26.8 Å². The van der Waals surface area contributed by atoms with Crippen molar-refractivity contribution in [1.82, 2.24) is 4.90 Å². The monoisotopic (exact) mass is 232 g/mol. The minimum absolute atomic E-state index is 0.0786. The molecule has 1 unspecified atom stereocenters. The van der Waals surface area contributed by atoms with E-state index in [0.717, 1.165) is 0 Å². The first-order valence-corrected chi connectivity index (χ1v) is 5.47. The van der Waals surface area contributed by atoms with E-state index in [1.54, 1.807) is 12.0 Å². The van der Waals surface area contributed by atoms with Crippen LogP contribution in [0.3, 0.4) is 0 Å². The molecule has 0 spiro atoms. The zero-order valence-electron chi connectivity index (χ0n) is 9.66. The molecule has 0 bridgehead atoms. The Kier molecular flexibility index (Phi) is 7.25. The molecule has 4 nitrogen and oxygen atoms in total. The Bertz CT molecular complexity index is 221. The van der Waals surface area contributed by atoms with Crippen LogP contribution in [0.4, 0.5) is 0 Å². The molecule has 2 N–H and O–H groups in total. The first-order chi connectivity index (χ1) is 7.01. The molecule has 5 heteroatoms. The summed E-state index contributed by atoms with van der Waals surface area (Å²) in [5.41, 5.74) is 5.41. The Labute approximate surface area is 96.8 Å². The van der Waals surface area contributed by atoms with Gasteiger partial charge in [0.05, 0.1) is 11.5 Å². The van der Waals surface area contributed by atoms with E-state index in [2.05, 4.69) is 0 Å². The normalized spacial score (nSPS) is 12.2. The van der Waals surface area contributed by atoms with Crippen molar-refractivity contribution >= 4 is 23.1 Å².